The highest BCUT2D eigenvalue weighted by Crippen LogP contribution is 2.25. The summed E-state index contributed by atoms with van der Waals surface area (Å²) in [5, 5.41) is 2.59. The highest BCUT2D eigenvalue weighted by molar-refractivity contribution is 7.90. The summed E-state index contributed by atoms with van der Waals surface area (Å²) in [7, 11) is -3.47. The third-order valence-corrected chi connectivity index (χ3v) is 5.75. The van der Waals surface area contributed by atoms with Crippen molar-refractivity contribution < 1.29 is 27.5 Å². The second-order valence-corrected chi connectivity index (χ2v) is 9.26. The maximum atomic E-state index is 12.2. The molecule has 0 aliphatic carbocycles. The van der Waals surface area contributed by atoms with E-state index in [1.54, 1.807) is 12.1 Å². The van der Waals surface area contributed by atoms with Gasteiger partial charge in [-0.2, -0.15) is 0 Å². The monoisotopic (exact) mass is 473 g/mol. The number of ether oxygens (including phenoxy) is 2. The Bertz CT molecular complexity index is 1210. The summed E-state index contributed by atoms with van der Waals surface area (Å²) in [6.07, 6.45) is 1.04. The molecule has 3 aromatic carbocycles. The Morgan fingerprint density at radius 3 is 2.31 bits per heavy atom. The molecule has 166 valence electrons. The molecule has 0 saturated carbocycles. The number of benzene rings is 3. The molecule has 0 fully saturated rings. The lowest BCUT2D eigenvalue weighted by atomic mass is 10.2. The van der Waals surface area contributed by atoms with Crippen molar-refractivity contribution >= 4 is 39.0 Å². The molecule has 3 aromatic rings. The number of carbonyl (C=O) groups excluding carboxylic acids is 2. The SMILES string of the molecule is CS(=O)(=O)c1ccc(Cl)c(NC(=O)COC(=O)c2ccc(OCc3ccccc3)cc2)c1. The van der Waals surface area contributed by atoms with Crippen LogP contribution in [0.2, 0.25) is 5.02 Å². The van der Waals surface area contributed by atoms with Crippen LogP contribution >= 0.6 is 11.6 Å². The summed E-state index contributed by atoms with van der Waals surface area (Å²) >= 11 is 6.00. The van der Waals surface area contributed by atoms with Crippen molar-refractivity contribution in [1.82, 2.24) is 0 Å². The molecule has 0 heterocycles. The Balaban J connectivity index is 1.52. The molecule has 9 heteroatoms. The molecule has 1 amide bonds. The van der Waals surface area contributed by atoms with Crippen LogP contribution in [0.3, 0.4) is 0 Å². The number of amides is 1. The van der Waals surface area contributed by atoms with Crippen molar-refractivity contribution in [1.29, 1.82) is 0 Å². The number of carbonyl (C=O) groups is 2. The summed E-state index contributed by atoms with van der Waals surface area (Å²) in [4.78, 5) is 24.3. The van der Waals surface area contributed by atoms with Gasteiger partial charge in [0.15, 0.2) is 16.4 Å². The first-order valence-corrected chi connectivity index (χ1v) is 11.7. The van der Waals surface area contributed by atoms with Gasteiger partial charge in [-0.1, -0.05) is 41.9 Å². The minimum absolute atomic E-state index is 0.00349. The Morgan fingerprint density at radius 1 is 0.969 bits per heavy atom. The Labute approximate surface area is 190 Å². The van der Waals surface area contributed by atoms with Crippen molar-refractivity contribution in [2.75, 3.05) is 18.2 Å². The van der Waals surface area contributed by atoms with Crippen LogP contribution in [0, 0.1) is 0 Å². The van der Waals surface area contributed by atoms with E-state index in [9.17, 15) is 18.0 Å². The summed E-state index contributed by atoms with van der Waals surface area (Å²) in [6.45, 7) is -0.168. The van der Waals surface area contributed by atoms with Gasteiger partial charge in [-0.15, -0.1) is 0 Å². The lowest BCUT2D eigenvalue weighted by Crippen LogP contribution is -2.21. The molecular formula is C23H20ClNO6S. The predicted molar refractivity (Wildman–Crippen MR) is 121 cm³/mol. The molecule has 32 heavy (non-hydrogen) atoms. The molecule has 1 N–H and O–H groups in total. The highest BCUT2D eigenvalue weighted by Gasteiger charge is 2.14. The van der Waals surface area contributed by atoms with Crippen molar-refractivity contribution in [3.63, 3.8) is 0 Å². The quantitative estimate of drug-likeness (QED) is 0.494. The number of anilines is 1. The number of sulfone groups is 1. The van der Waals surface area contributed by atoms with E-state index in [1.807, 2.05) is 30.3 Å². The van der Waals surface area contributed by atoms with Gasteiger partial charge in [0.1, 0.15) is 12.4 Å². The van der Waals surface area contributed by atoms with E-state index in [2.05, 4.69) is 5.32 Å². The first-order valence-electron chi connectivity index (χ1n) is 9.46. The van der Waals surface area contributed by atoms with E-state index in [1.165, 1.54) is 30.3 Å². The molecule has 0 radical (unpaired) electrons. The zero-order chi connectivity index (χ0) is 23.1. The first kappa shape index (κ1) is 23.3. The van der Waals surface area contributed by atoms with Gasteiger partial charge in [0.25, 0.3) is 5.91 Å². The highest BCUT2D eigenvalue weighted by atomic mass is 35.5. The van der Waals surface area contributed by atoms with E-state index >= 15 is 0 Å². The molecule has 0 aliphatic heterocycles. The largest absolute Gasteiger partial charge is 0.489 e. The third kappa shape index (κ3) is 6.57. The van der Waals surface area contributed by atoms with Gasteiger partial charge >= 0.3 is 5.97 Å². The Hall–Kier alpha value is -3.36. The summed E-state index contributed by atoms with van der Waals surface area (Å²) in [5.41, 5.74) is 1.38. The van der Waals surface area contributed by atoms with E-state index in [0.717, 1.165) is 11.8 Å². The lowest BCUT2D eigenvalue weighted by Gasteiger charge is -2.10. The predicted octanol–water partition coefficient (Wildman–Crippen LogP) is 4.12. The van der Waals surface area contributed by atoms with Crippen LogP contribution in [-0.2, 0) is 26.0 Å². The van der Waals surface area contributed by atoms with E-state index in [0.29, 0.717) is 12.4 Å². The molecule has 0 aromatic heterocycles. The van der Waals surface area contributed by atoms with E-state index in [4.69, 9.17) is 21.1 Å². The number of esters is 1. The van der Waals surface area contributed by atoms with Gasteiger partial charge in [0, 0.05) is 6.26 Å². The molecule has 3 rings (SSSR count). The molecule has 0 atom stereocenters. The number of hydrogen-bond acceptors (Lipinski definition) is 6. The second-order valence-electron chi connectivity index (χ2n) is 6.84. The van der Waals surface area contributed by atoms with Crippen LogP contribution in [0.25, 0.3) is 0 Å². The van der Waals surface area contributed by atoms with E-state index < -0.39 is 28.3 Å². The zero-order valence-electron chi connectivity index (χ0n) is 17.1. The van der Waals surface area contributed by atoms with Crippen LogP contribution < -0.4 is 10.1 Å². The van der Waals surface area contributed by atoms with Crippen LogP contribution in [0.15, 0.2) is 77.7 Å². The minimum atomic E-state index is -3.47. The maximum Gasteiger partial charge on any atom is 0.338 e. The zero-order valence-corrected chi connectivity index (χ0v) is 18.7. The number of hydrogen-bond donors (Lipinski definition) is 1. The fourth-order valence-electron chi connectivity index (χ4n) is 2.66. The van der Waals surface area contributed by atoms with Crippen molar-refractivity contribution in [2.24, 2.45) is 0 Å². The minimum Gasteiger partial charge on any atom is -0.489 e. The first-order chi connectivity index (χ1) is 15.2. The van der Waals surface area contributed by atoms with Gasteiger partial charge in [-0.3, -0.25) is 4.79 Å². The normalized spacial score (nSPS) is 10.9. The third-order valence-electron chi connectivity index (χ3n) is 4.31. The fraction of sp³-hybridized carbons (Fsp3) is 0.130. The maximum absolute atomic E-state index is 12.2. The summed E-state index contributed by atoms with van der Waals surface area (Å²) in [6, 6.07) is 19.9. The lowest BCUT2D eigenvalue weighted by molar-refractivity contribution is -0.119. The van der Waals surface area contributed by atoms with Gasteiger partial charge in [0.2, 0.25) is 0 Å². The van der Waals surface area contributed by atoms with Gasteiger partial charge in [0.05, 0.1) is 21.2 Å². The van der Waals surface area contributed by atoms with Gasteiger partial charge in [-0.25, -0.2) is 13.2 Å². The van der Waals surface area contributed by atoms with Crippen molar-refractivity contribution in [2.45, 2.75) is 11.5 Å². The average Bonchev–Trinajstić information content (AvgIpc) is 2.78. The molecule has 0 aliphatic rings. The number of rotatable bonds is 8. The standard InChI is InChI=1S/C23H20ClNO6S/c1-32(28,29)19-11-12-20(24)21(13-19)25-22(26)15-31-23(27)17-7-9-18(10-8-17)30-14-16-5-3-2-4-6-16/h2-13H,14-15H2,1H3,(H,25,26). The number of halogens is 1. The smallest absolute Gasteiger partial charge is 0.338 e. The van der Waals surface area contributed by atoms with Crippen LogP contribution in [0.4, 0.5) is 5.69 Å². The van der Waals surface area contributed by atoms with Gasteiger partial charge < -0.3 is 14.8 Å². The van der Waals surface area contributed by atoms with Crippen LogP contribution in [0.5, 0.6) is 5.75 Å². The molecule has 0 unspecified atom stereocenters. The van der Waals surface area contributed by atoms with Crippen molar-refractivity contribution in [3.05, 3.63) is 88.9 Å². The number of nitrogens with one attached hydrogen (secondary N) is 1. The fourth-order valence-corrected chi connectivity index (χ4v) is 3.47. The molecule has 0 bridgehead atoms. The topological polar surface area (TPSA) is 98.8 Å². The molecule has 7 nitrogen and oxygen atoms in total. The average molecular weight is 474 g/mol. The Morgan fingerprint density at radius 2 is 1.66 bits per heavy atom. The van der Waals surface area contributed by atoms with Crippen LogP contribution in [0.1, 0.15) is 15.9 Å². The van der Waals surface area contributed by atoms with E-state index in [-0.39, 0.29) is 21.2 Å². The van der Waals surface area contributed by atoms with Gasteiger partial charge in [-0.05, 0) is 48.0 Å². The van der Waals surface area contributed by atoms with Crippen molar-refractivity contribution in [3.8, 4) is 5.75 Å². The molecule has 0 saturated heterocycles. The summed E-state index contributed by atoms with van der Waals surface area (Å²) in [5.74, 6) is -0.761. The molecular weight excluding hydrogens is 454 g/mol. The Kier molecular flexibility index (Phi) is 7.50. The van der Waals surface area contributed by atoms with Crippen LogP contribution in [-0.4, -0.2) is 33.2 Å². The second kappa shape index (κ2) is 10.3. The summed E-state index contributed by atoms with van der Waals surface area (Å²) < 4.78 is 34.0. The molecule has 0 spiro atoms.